The number of nitrogens with one attached hydrogen (secondary N) is 1. The van der Waals surface area contributed by atoms with E-state index in [1.807, 2.05) is 13.8 Å². The van der Waals surface area contributed by atoms with Crippen LogP contribution in [0.3, 0.4) is 0 Å². The largest absolute Gasteiger partial charge is 0.395 e. The molecule has 1 unspecified atom stereocenters. The minimum absolute atomic E-state index is 0.0251. The summed E-state index contributed by atoms with van der Waals surface area (Å²) in [6.45, 7) is 4.36. The van der Waals surface area contributed by atoms with Crippen LogP contribution in [-0.2, 0) is 0 Å². The van der Waals surface area contributed by atoms with Gasteiger partial charge in [0.1, 0.15) is 6.04 Å². The molecule has 2 saturated carbocycles. The van der Waals surface area contributed by atoms with E-state index in [1.54, 1.807) is 4.90 Å². The highest BCUT2D eigenvalue weighted by molar-refractivity contribution is 5.75. The number of aliphatic hydroxyl groups is 1. The van der Waals surface area contributed by atoms with E-state index in [0.717, 1.165) is 31.5 Å². The number of aromatic nitrogens is 2. The third-order valence-corrected chi connectivity index (χ3v) is 4.20. The lowest BCUT2D eigenvalue weighted by Gasteiger charge is -2.26. The van der Waals surface area contributed by atoms with Gasteiger partial charge < -0.3 is 19.8 Å². The molecule has 1 heterocycles. The highest BCUT2D eigenvalue weighted by Gasteiger charge is 2.35. The highest BCUT2D eigenvalue weighted by Crippen LogP contribution is 2.38. The third-order valence-electron chi connectivity index (χ3n) is 4.20. The van der Waals surface area contributed by atoms with Crippen LogP contribution in [0.15, 0.2) is 4.52 Å². The van der Waals surface area contributed by atoms with Crippen LogP contribution in [0.25, 0.3) is 0 Å². The van der Waals surface area contributed by atoms with Crippen molar-refractivity contribution in [3.05, 3.63) is 11.7 Å². The molecule has 1 aromatic heterocycles. The second-order valence-corrected chi connectivity index (χ2v) is 6.58. The molecule has 3 rings (SSSR count). The van der Waals surface area contributed by atoms with Crippen molar-refractivity contribution in [1.82, 2.24) is 20.4 Å². The van der Waals surface area contributed by atoms with Crippen molar-refractivity contribution in [3.63, 3.8) is 0 Å². The van der Waals surface area contributed by atoms with E-state index >= 15 is 0 Å². The van der Waals surface area contributed by atoms with E-state index < -0.39 is 0 Å². The third kappa shape index (κ3) is 3.40. The number of hydrogen-bond donors (Lipinski definition) is 2. The fourth-order valence-electron chi connectivity index (χ4n) is 2.55. The Hall–Kier alpha value is -1.63. The van der Waals surface area contributed by atoms with Gasteiger partial charge in [-0.1, -0.05) is 19.0 Å². The molecule has 0 aliphatic heterocycles. The van der Waals surface area contributed by atoms with Gasteiger partial charge in [-0.3, -0.25) is 0 Å². The van der Waals surface area contributed by atoms with E-state index in [-0.39, 0.29) is 30.6 Å². The quantitative estimate of drug-likeness (QED) is 0.801. The molecule has 1 aromatic rings. The zero-order valence-corrected chi connectivity index (χ0v) is 13.2. The van der Waals surface area contributed by atoms with Gasteiger partial charge in [0.25, 0.3) is 0 Å². The summed E-state index contributed by atoms with van der Waals surface area (Å²) in [5, 5.41) is 16.1. The molecule has 2 aliphatic carbocycles. The van der Waals surface area contributed by atoms with E-state index in [1.165, 1.54) is 0 Å². The predicted molar refractivity (Wildman–Crippen MR) is 79.2 cm³/mol. The molecule has 0 bridgehead atoms. The lowest BCUT2D eigenvalue weighted by Crippen LogP contribution is -2.45. The number of nitrogens with zero attached hydrogens (tertiary/aromatic N) is 3. The molecule has 0 spiro atoms. The van der Waals surface area contributed by atoms with E-state index in [0.29, 0.717) is 18.4 Å². The second kappa shape index (κ2) is 6.24. The predicted octanol–water partition coefficient (Wildman–Crippen LogP) is 1.81. The monoisotopic (exact) mass is 308 g/mol. The van der Waals surface area contributed by atoms with Crippen LogP contribution in [0.1, 0.15) is 63.2 Å². The number of rotatable bonds is 7. The Morgan fingerprint density at radius 2 is 2.14 bits per heavy atom. The van der Waals surface area contributed by atoms with Gasteiger partial charge in [-0.25, -0.2) is 4.79 Å². The van der Waals surface area contributed by atoms with Gasteiger partial charge >= 0.3 is 6.03 Å². The molecule has 0 aromatic carbocycles. The van der Waals surface area contributed by atoms with Crippen LogP contribution in [0.2, 0.25) is 0 Å². The average molecular weight is 308 g/mol. The Morgan fingerprint density at radius 1 is 1.41 bits per heavy atom. The lowest BCUT2D eigenvalue weighted by atomic mass is 10.0. The summed E-state index contributed by atoms with van der Waals surface area (Å²) in [6.07, 6.45) is 4.24. The SMILES string of the molecule is CC(C)C(NC(=O)N(CCO)C1CC1)c1nc(C2CC2)no1. The van der Waals surface area contributed by atoms with Gasteiger partial charge in [0.2, 0.25) is 5.89 Å². The fourth-order valence-corrected chi connectivity index (χ4v) is 2.55. The maximum absolute atomic E-state index is 12.5. The zero-order chi connectivity index (χ0) is 15.7. The fraction of sp³-hybridized carbons (Fsp3) is 0.800. The summed E-state index contributed by atoms with van der Waals surface area (Å²) in [5.74, 6) is 1.80. The van der Waals surface area contributed by atoms with Gasteiger partial charge in [-0.05, 0) is 31.6 Å². The summed E-state index contributed by atoms with van der Waals surface area (Å²) >= 11 is 0. The molecule has 7 heteroatoms. The van der Waals surface area contributed by atoms with Crippen LogP contribution in [0.4, 0.5) is 4.79 Å². The molecule has 122 valence electrons. The molecule has 2 fully saturated rings. The highest BCUT2D eigenvalue weighted by atomic mass is 16.5. The van der Waals surface area contributed by atoms with Gasteiger partial charge in [-0.2, -0.15) is 4.98 Å². The van der Waals surface area contributed by atoms with Crippen LogP contribution in [0, 0.1) is 5.92 Å². The molecule has 0 radical (unpaired) electrons. The number of urea groups is 1. The van der Waals surface area contributed by atoms with Crippen LogP contribution >= 0.6 is 0 Å². The Bertz CT molecular complexity index is 523. The van der Waals surface area contributed by atoms with E-state index in [9.17, 15) is 4.79 Å². The molecule has 0 saturated heterocycles. The van der Waals surface area contributed by atoms with Crippen LogP contribution in [-0.4, -0.2) is 45.4 Å². The minimum Gasteiger partial charge on any atom is -0.395 e. The second-order valence-electron chi connectivity index (χ2n) is 6.58. The summed E-state index contributed by atoms with van der Waals surface area (Å²) < 4.78 is 5.36. The molecule has 2 N–H and O–H groups in total. The normalized spacial score (nSPS) is 19.3. The minimum atomic E-state index is -0.299. The first-order valence-corrected chi connectivity index (χ1v) is 8.11. The number of hydrogen-bond acceptors (Lipinski definition) is 5. The zero-order valence-electron chi connectivity index (χ0n) is 13.2. The number of carbonyl (C=O) groups excluding carboxylic acids is 1. The Morgan fingerprint density at radius 3 is 2.68 bits per heavy atom. The summed E-state index contributed by atoms with van der Waals surface area (Å²) in [4.78, 5) is 18.6. The van der Waals surface area contributed by atoms with Crippen molar-refractivity contribution in [2.45, 2.75) is 57.5 Å². The van der Waals surface area contributed by atoms with E-state index in [4.69, 9.17) is 9.63 Å². The lowest BCUT2D eigenvalue weighted by molar-refractivity contribution is 0.164. The number of amides is 2. The Labute approximate surface area is 130 Å². The first kappa shape index (κ1) is 15.3. The molecular weight excluding hydrogens is 284 g/mol. The standard InChI is InChI=1S/C15H24N4O3/c1-9(2)12(14-17-13(18-22-14)10-3-4-10)16-15(21)19(7-8-20)11-5-6-11/h9-12,20H,3-8H2,1-2H3,(H,16,21). The topological polar surface area (TPSA) is 91.5 Å². The first-order valence-electron chi connectivity index (χ1n) is 8.11. The van der Waals surface area contributed by atoms with Crippen molar-refractivity contribution >= 4 is 6.03 Å². The molecule has 22 heavy (non-hydrogen) atoms. The van der Waals surface area contributed by atoms with Crippen molar-refractivity contribution in [3.8, 4) is 0 Å². The summed E-state index contributed by atoms with van der Waals surface area (Å²) in [5.41, 5.74) is 0. The molecular formula is C15H24N4O3. The Balaban J connectivity index is 1.68. The molecule has 2 aliphatic rings. The van der Waals surface area contributed by atoms with Crippen molar-refractivity contribution < 1.29 is 14.4 Å². The van der Waals surface area contributed by atoms with Gasteiger partial charge in [-0.15, -0.1) is 0 Å². The van der Waals surface area contributed by atoms with Crippen LogP contribution < -0.4 is 5.32 Å². The van der Waals surface area contributed by atoms with Gasteiger partial charge in [0.05, 0.1) is 6.61 Å². The van der Waals surface area contributed by atoms with Crippen molar-refractivity contribution in [1.29, 1.82) is 0 Å². The molecule has 1 atom stereocenters. The number of aliphatic hydroxyl groups excluding tert-OH is 1. The van der Waals surface area contributed by atoms with Gasteiger partial charge in [0.15, 0.2) is 5.82 Å². The maximum atomic E-state index is 12.5. The van der Waals surface area contributed by atoms with Crippen molar-refractivity contribution in [2.75, 3.05) is 13.2 Å². The smallest absolute Gasteiger partial charge is 0.318 e. The first-order chi connectivity index (χ1) is 10.6. The average Bonchev–Trinajstić information content (AvgIpc) is 3.41. The van der Waals surface area contributed by atoms with Gasteiger partial charge in [0, 0.05) is 18.5 Å². The van der Waals surface area contributed by atoms with Crippen molar-refractivity contribution in [2.24, 2.45) is 5.92 Å². The maximum Gasteiger partial charge on any atom is 0.318 e. The molecule has 2 amide bonds. The Kier molecular flexibility index (Phi) is 4.33. The summed E-state index contributed by atoms with van der Waals surface area (Å²) in [7, 11) is 0. The molecule has 7 nitrogen and oxygen atoms in total. The summed E-state index contributed by atoms with van der Waals surface area (Å²) in [6, 6.07) is -0.210. The van der Waals surface area contributed by atoms with Crippen LogP contribution in [0.5, 0.6) is 0 Å². The van der Waals surface area contributed by atoms with E-state index in [2.05, 4.69) is 15.5 Å². The number of carbonyl (C=O) groups is 1.